The standard InChI is InChI=1S/C13H23N3/c1-10(2)8-14-9-13-7-12(5-6-15-13)16-11(3)4/h5-7,10-11,14H,8-9H2,1-4H3,(H,15,16). The lowest BCUT2D eigenvalue weighted by atomic mass is 10.2. The van der Waals surface area contributed by atoms with Gasteiger partial charge in [0.15, 0.2) is 0 Å². The molecule has 1 heterocycles. The third-order valence-electron chi connectivity index (χ3n) is 2.13. The van der Waals surface area contributed by atoms with E-state index in [0.29, 0.717) is 12.0 Å². The maximum Gasteiger partial charge on any atom is 0.0562 e. The van der Waals surface area contributed by atoms with Crippen LogP contribution in [-0.4, -0.2) is 17.6 Å². The smallest absolute Gasteiger partial charge is 0.0562 e. The summed E-state index contributed by atoms with van der Waals surface area (Å²) in [6.07, 6.45) is 1.86. The van der Waals surface area contributed by atoms with E-state index >= 15 is 0 Å². The summed E-state index contributed by atoms with van der Waals surface area (Å²) >= 11 is 0. The van der Waals surface area contributed by atoms with E-state index in [1.54, 1.807) is 0 Å². The van der Waals surface area contributed by atoms with Gasteiger partial charge < -0.3 is 10.6 Å². The zero-order valence-corrected chi connectivity index (χ0v) is 10.7. The Bertz CT molecular complexity index is 308. The first-order chi connectivity index (χ1) is 7.58. The van der Waals surface area contributed by atoms with Crippen LogP contribution in [-0.2, 0) is 6.54 Å². The lowest BCUT2D eigenvalue weighted by molar-refractivity contribution is 0.548. The Kier molecular flexibility index (Phi) is 5.26. The van der Waals surface area contributed by atoms with Crippen molar-refractivity contribution in [3.63, 3.8) is 0 Å². The molecule has 0 aromatic carbocycles. The Balaban J connectivity index is 2.47. The van der Waals surface area contributed by atoms with Crippen LogP contribution in [0.2, 0.25) is 0 Å². The molecule has 0 fully saturated rings. The number of hydrogen-bond acceptors (Lipinski definition) is 3. The second-order valence-corrected chi connectivity index (χ2v) is 4.86. The average Bonchev–Trinajstić information content (AvgIpc) is 2.16. The molecule has 1 aromatic rings. The molecule has 0 radical (unpaired) electrons. The lowest BCUT2D eigenvalue weighted by Crippen LogP contribution is -2.19. The minimum Gasteiger partial charge on any atom is -0.383 e. The maximum atomic E-state index is 4.34. The number of aromatic nitrogens is 1. The molecule has 0 aliphatic heterocycles. The summed E-state index contributed by atoms with van der Waals surface area (Å²) in [5, 5.41) is 6.77. The van der Waals surface area contributed by atoms with E-state index in [4.69, 9.17) is 0 Å². The van der Waals surface area contributed by atoms with Gasteiger partial charge in [0.2, 0.25) is 0 Å². The zero-order valence-electron chi connectivity index (χ0n) is 10.7. The first kappa shape index (κ1) is 13.0. The molecule has 1 rings (SSSR count). The highest BCUT2D eigenvalue weighted by Gasteiger charge is 1.99. The fraction of sp³-hybridized carbons (Fsp3) is 0.615. The van der Waals surface area contributed by atoms with Crippen LogP contribution >= 0.6 is 0 Å². The summed E-state index contributed by atoms with van der Waals surface area (Å²) in [5.41, 5.74) is 2.23. The molecule has 3 heteroatoms. The van der Waals surface area contributed by atoms with Gasteiger partial charge in [-0.1, -0.05) is 13.8 Å². The SMILES string of the molecule is CC(C)CNCc1cc(NC(C)C)ccn1. The van der Waals surface area contributed by atoms with E-state index in [1.807, 2.05) is 12.3 Å². The third-order valence-corrected chi connectivity index (χ3v) is 2.13. The molecule has 0 bridgehead atoms. The number of pyridine rings is 1. The van der Waals surface area contributed by atoms with Gasteiger partial charge in [0, 0.05) is 24.5 Å². The highest BCUT2D eigenvalue weighted by atomic mass is 14.9. The van der Waals surface area contributed by atoms with Crippen LogP contribution < -0.4 is 10.6 Å². The summed E-state index contributed by atoms with van der Waals surface area (Å²) < 4.78 is 0. The van der Waals surface area contributed by atoms with Crippen LogP contribution in [0, 0.1) is 5.92 Å². The summed E-state index contributed by atoms with van der Waals surface area (Å²) in [7, 11) is 0. The predicted octanol–water partition coefficient (Wildman–Crippen LogP) is 2.65. The molecule has 0 aliphatic rings. The van der Waals surface area contributed by atoms with Crippen molar-refractivity contribution in [2.24, 2.45) is 5.92 Å². The molecule has 16 heavy (non-hydrogen) atoms. The maximum absolute atomic E-state index is 4.34. The molecule has 0 atom stereocenters. The molecule has 0 spiro atoms. The fourth-order valence-electron chi connectivity index (χ4n) is 1.49. The molecule has 0 saturated carbocycles. The molecule has 0 saturated heterocycles. The molecule has 0 amide bonds. The predicted molar refractivity (Wildman–Crippen MR) is 69.5 cm³/mol. The Morgan fingerprint density at radius 1 is 1.25 bits per heavy atom. The molecule has 3 nitrogen and oxygen atoms in total. The second kappa shape index (κ2) is 6.48. The van der Waals surface area contributed by atoms with Crippen molar-refractivity contribution in [3.8, 4) is 0 Å². The highest BCUT2D eigenvalue weighted by Crippen LogP contribution is 2.09. The van der Waals surface area contributed by atoms with Crippen molar-refractivity contribution >= 4 is 5.69 Å². The highest BCUT2D eigenvalue weighted by molar-refractivity contribution is 5.43. The largest absolute Gasteiger partial charge is 0.383 e. The first-order valence-electron chi connectivity index (χ1n) is 6.00. The number of anilines is 1. The van der Waals surface area contributed by atoms with Crippen LogP contribution in [0.1, 0.15) is 33.4 Å². The minimum absolute atomic E-state index is 0.457. The minimum atomic E-state index is 0.457. The van der Waals surface area contributed by atoms with Crippen LogP contribution in [0.5, 0.6) is 0 Å². The summed E-state index contributed by atoms with van der Waals surface area (Å²) in [5.74, 6) is 0.678. The summed E-state index contributed by atoms with van der Waals surface area (Å²) in [4.78, 5) is 4.34. The van der Waals surface area contributed by atoms with E-state index in [0.717, 1.165) is 24.5 Å². The Morgan fingerprint density at radius 2 is 2.00 bits per heavy atom. The van der Waals surface area contributed by atoms with Crippen molar-refractivity contribution in [2.45, 2.75) is 40.3 Å². The molecule has 0 aliphatic carbocycles. The molecule has 1 aromatic heterocycles. The van der Waals surface area contributed by atoms with Gasteiger partial charge in [-0.3, -0.25) is 4.98 Å². The van der Waals surface area contributed by atoms with Crippen molar-refractivity contribution in [2.75, 3.05) is 11.9 Å². The molecule has 2 N–H and O–H groups in total. The van der Waals surface area contributed by atoms with E-state index < -0.39 is 0 Å². The van der Waals surface area contributed by atoms with Crippen molar-refractivity contribution < 1.29 is 0 Å². The molecular weight excluding hydrogens is 198 g/mol. The van der Waals surface area contributed by atoms with E-state index in [2.05, 4.69) is 49.4 Å². The van der Waals surface area contributed by atoms with Gasteiger partial charge in [-0.05, 0) is 38.4 Å². The van der Waals surface area contributed by atoms with E-state index in [-0.39, 0.29) is 0 Å². The quantitative estimate of drug-likeness (QED) is 0.775. The number of rotatable bonds is 6. The van der Waals surface area contributed by atoms with E-state index in [1.165, 1.54) is 0 Å². The normalized spacial score (nSPS) is 11.1. The Hall–Kier alpha value is -1.09. The third kappa shape index (κ3) is 5.12. The van der Waals surface area contributed by atoms with Gasteiger partial charge in [-0.2, -0.15) is 0 Å². The van der Waals surface area contributed by atoms with Gasteiger partial charge in [-0.25, -0.2) is 0 Å². The van der Waals surface area contributed by atoms with E-state index in [9.17, 15) is 0 Å². The average molecular weight is 221 g/mol. The topological polar surface area (TPSA) is 37.0 Å². The van der Waals surface area contributed by atoms with Gasteiger partial charge in [0.05, 0.1) is 5.69 Å². The summed E-state index contributed by atoms with van der Waals surface area (Å²) in [6, 6.07) is 4.57. The fourth-order valence-corrected chi connectivity index (χ4v) is 1.49. The van der Waals surface area contributed by atoms with Gasteiger partial charge in [0.25, 0.3) is 0 Å². The van der Waals surface area contributed by atoms with Crippen molar-refractivity contribution in [1.29, 1.82) is 0 Å². The van der Waals surface area contributed by atoms with Crippen molar-refractivity contribution in [1.82, 2.24) is 10.3 Å². The van der Waals surface area contributed by atoms with Crippen LogP contribution in [0.4, 0.5) is 5.69 Å². The molecular formula is C13H23N3. The zero-order chi connectivity index (χ0) is 12.0. The van der Waals surface area contributed by atoms with Gasteiger partial charge in [-0.15, -0.1) is 0 Å². The second-order valence-electron chi connectivity index (χ2n) is 4.86. The van der Waals surface area contributed by atoms with Crippen LogP contribution in [0.15, 0.2) is 18.3 Å². The van der Waals surface area contributed by atoms with Crippen LogP contribution in [0.25, 0.3) is 0 Å². The first-order valence-corrected chi connectivity index (χ1v) is 6.00. The lowest BCUT2D eigenvalue weighted by Gasteiger charge is -2.11. The van der Waals surface area contributed by atoms with Gasteiger partial charge in [0.1, 0.15) is 0 Å². The number of hydrogen-bond donors (Lipinski definition) is 2. The number of nitrogens with zero attached hydrogens (tertiary/aromatic N) is 1. The Labute approximate surface area is 98.7 Å². The van der Waals surface area contributed by atoms with Crippen molar-refractivity contribution in [3.05, 3.63) is 24.0 Å². The number of nitrogens with one attached hydrogen (secondary N) is 2. The summed E-state index contributed by atoms with van der Waals surface area (Å²) in [6.45, 7) is 10.6. The molecule has 90 valence electrons. The van der Waals surface area contributed by atoms with Crippen LogP contribution in [0.3, 0.4) is 0 Å². The Morgan fingerprint density at radius 3 is 2.62 bits per heavy atom. The monoisotopic (exact) mass is 221 g/mol. The van der Waals surface area contributed by atoms with Gasteiger partial charge >= 0.3 is 0 Å². The molecule has 0 unspecified atom stereocenters.